The van der Waals surface area contributed by atoms with E-state index < -0.39 is 0 Å². The summed E-state index contributed by atoms with van der Waals surface area (Å²) in [6.07, 6.45) is 12.5. The Morgan fingerprint density at radius 1 is 0.778 bits per heavy atom. The summed E-state index contributed by atoms with van der Waals surface area (Å²) in [4.78, 5) is 0. The number of rotatable bonds is 0. The van der Waals surface area contributed by atoms with Gasteiger partial charge in [0.25, 0.3) is 0 Å². The van der Waals surface area contributed by atoms with Crippen molar-refractivity contribution in [2.45, 2.75) is 63.5 Å². The molecule has 0 N–H and O–H groups in total. The molecule has 4 aliphatic rings. The van der Waals surface area contributed by atoms with E-state index in [-0.39, 0.29) is 0 Å². The minimum atomic E-state index is 1.03. The van der Waals surface area contributed by atoms with E-state index in [4.69, 9.17) is 0 Å². The first kappa shape index (κ1) is 12.1. The Bertz CT molecular complexity index is 313. The minimum Gasteiger partial charge on any atom is -0.158 e. The highest BCUT2D eigenvalue weighted by Crippen LogP contribution is 2.57. The average molecular weight is 264 g/mol. The SMILES string of the molecule is CC1CCC2C(CCC3C4CCCC4SCC23)C1. The molecule has 0 aromatic carbocycles. The summed E-state index contributed by atoms with van der Waals surface area (Å²) in [5.74, 6) is 8.21. The Morgan fingerprint density at radius 2 is 1.67 bits per heavy atom. The number of fused-ring (bicyclic) bond motifs is 5. The van der Waals surface area contributed by atoms with Crippen molar-refractivity contribution in [3.63, 3.8) is 0 Å². The van der Waals surface area contributed by atoms with Crippen LogP contribution >= 0.6 is 11.8 Å². The monoisotopic (exact) mass is 264 g/mol. The topological polar surface area (TPSA) is 0 Å². The van der Waals surface area contributed by atoms with Crippen molar-refractivity contribution in [2.24, 2.45) is 35.5 Å². The summed E-state index contributed by atoms with van der Waals surface area (Å²) in [7, 11) is 0. The van der Waals surface area contributed by atoms with Gasteiger partial charge in [-0.1, -0.05) is 19.8 Å². The first-order chi connectivity index (χ1) is 8.83. The fraction of sp³-hybridized carbons (Fsp3) is 1.00. The first-order valence-corrected chi connectivity index (χ1v) is 9.49. The number of thioether (sulfide) groups is 1. The van der Waals surface area contributed by atoms with Gasteiger partial charge in [0.2, 0.25) is 0 Å². The third kappa shape index (κ3) is 1.87. The molecule has 1 saturated heterocycles. The standard InChI is InChI=1S/C17H28S/c1-11-5-7-13-12(9-11)6-8-14-15-3-2-4-17(15)18-10-16(13)14/h11-17H,2-10H2,1H3. The molecule has 0 amide bonds. The van der Waals surface area contributed by atoms with Crippen LogP contribution in [-0.2, 0) is 0 Å². The largest absolute Gasteiger partial charge is 0.158 e. The smallest absolute Gasteiger partial charge is 0.00781 e. The van der Waals surface area contributed by atoms with Gasteiger partial charge in [-0.2, -0.15) is 11.8 Å². The molecule has 3 aliphatic carbocycles. The first-order valence-electron chi connectivity index (χ1n) is 8.44. The van der Waals surface area contributed by atoms with Gasteiger partial charge in [-0.05, 0) is 79.8 Å². The molecule has 7 atom stereocenters. The second-order valence-corrected chi connectivity index (χ2v) is 8.99. The molecule has 0 spiro atoms. The van der Waals surface area contributed by atoms with Crippen LogP contribution in [0.3, 0.4) is 0 Å². The van der Waals surface area contributed by atoms with Crippen LogP contribution in [0.15, 0.2) is 0 Å². The predicted octanol–water partition coefficient (Wildman–Crippen LogP) is 4.98. The van der Waals surface area contributed by atoms with Crippen LogP contribution in [0.4, 0.5) is 0 Å². The zero-order chi connectivity index (χ0) is 12.1. The number of hydrogen-bond donors (Lipinski definition) is 0. The van der Waals surface area contributed by atoms with E-state index >= 15 is 0 Å². The molecule has 0 bridgehead atoms. The maximum absolute atomic E-state index is 2.49. The lowest BCUT2D eigenvalue weighted by Crippen LogP contribution is -2.45. The lowest BCUT2D eigenvalue weighted by molar-refractivity contribution is 0.0230. The number of hydrogen-bond acceptors (Lipinski definition) is 1. The van der Waals surface area contributed by atoms with Crippen LogP contribution in [0, 0.1) is 35.5 Å². The fourth-order valence-electron chi connectivity index (χ4n) is 6.02. The van der Waals surface area contributed by atoms with E-state index in [1.807, 2.05) is 0 Å². The highest BCUT2D eigenvalue weighted by molar-refractivity contribution is 8.00. The molecular weight excluding hydrogens is 236 g/mol. The summed E-state index contributed by atoms with van der Waals surface area (Å²) < 4.78 is 0. The summed E-state index contributed by atoms with van der Waals surface area (Å²) in [5.41, 5.74) is 0. The van der Waals surface area contributed by atoms with Crippen LogP contribution in [0.25, 0.3) is 0 Å². The second kappa shape index (κ2) is 4.72. The van der Waals surface area contributed by atoms with Crippen molar-refractivity contribution >= 4 is 11.8 Å². The highest BCUT2D eigenvalue weighted by Gasteiger charge is 2.49. The van der Waals surface area contributed by atoms with Gasteiger partial charge in [0, 0.05) is 5.25 Å². The molecule has 1 aliphatic heterocycles. The Hall–Kier alpha value is 0.350. The Kier molecular flexibility index (Phi) is 3.18. The molecule has 0 radical (unpaired) electrons. The third-order valence-electron chi connectivity index (χ3n) is 6.83. The molecule has 18 heavy (non-hydrogen) atoms. The maximum Gasteiger partial charge on any atom is 0.00781 e. The minimum absolute atomic E-state index is 1.03. The summed E-state index contributed by atoms with van der Waals surface area (Å²) in [6.45, 7) is 2.49. The maximum atomic E-state index is 2.49. The van der Waals surface area contributed by atoms with Crippen LogP contribution in [0.2, 0.25) is 0 Å². The van der Waals surface area contributed by atoms with Gasteiger partial charge in [0.1, 0.15) is 0 Å². The van der Waals surface area contributed by atoms with E-state index in [2.05, 4.69) is 18.7 Å². The lowest BCUT2D eigenvalue weighted by atomic mass is 9.58. The van der Waals surface area contributed by atoms with E-state index in [1.54, 1.807) is 38.5 Å². The van der Waals surface area contributed by atoms with Crippen LogP contribution < -0.4 is 0 Å². The molecule has 1 heterocycles. The second-order valence-electron chi connectivity index (χ2n) is 7.71. The van der Waals surface area contributed by atoms with E-state index in [1.165, 1.54) is 18.6 Å². The quantitative estimate of drug-likeness (QED) is 0.594. The fourth-order valence-corrected chi connectivity index (χ4v) is 7.90. The zero-order valence-electron chi connectivity index (χ0n) is 11.8. The molecule has 4 fully saturated rings. The van der Waals surface area contributed by atoms with E-state index in [9.17, 15) is 0 Å². The zero-order valence-corrected chi connectivity index (χ0v) is 12.6. The van der Waals surface area contributed by atoms with Gasteiger partial charge in [0.15, 0.2) is 0 Å². The third-order valence-corrected chi connectivity index (χ3v) is 8.42. The Balaban J connectivity index is 1.53. The summed E-state index contributed by atoms with van der Waals surface area (Å²) >= 11 is 2.38. The van der Waals surface area contributed by atoms with Gasteiger partial charge in [0.05, 0.1) is 0 Å². The lowest BCUT2D eigenvalue weighted by Gasteiger charge is -2.52. The molecule has 4 rings (SSSR count). The normalized spacial score (nSPS) is 55.5. The summed E-state index contributed by atoms with van der Waals surface area (Å²) in [5, 5.41) is 1.07. The van der Waals surface area contributed by atoms with Crippen molar-refractivity contribution < 1.29 is 0 Å². The molecule has 0 aromatic rings. The Labute approximate surface area is 117 Å². The molecule has 0 nitrogen and oxygen atoms in total. The van der Waals surface area contributed by atoms with E-state index in [0.29, 0.717) is 0 Å². The van der Waals surface area contributed by atoms with Crippen LogP contribution in [-0.4, -0.2) is 11.0 Å². The molecule has 1 heteroatoms. The van der Waals surface area contributed by atoms with Gasteiger partial charge >= 0.3 is 0 Å². The van der Waals surface area contributed by atoms with Gasteiger partial charge < -0.3 is 0 Å². The van der Waals surface area contributed by atoms with Crippen molar-refractivity contribution in [2.75, 3.05) is 5.75 Å². The Morgan fingerprint density at radius 3 is 2.61 bits per heavy atom. The van der Waals surface area contributed by atoms with Gasteiger partial charge in [-0.3, -0.25) is 0 Å². The summed E-state index contributed by atoms with van der Waals surface area (Å²) in [6, 6.07) is 0. The van der Waals surface area contributed by atoms with Crippen molar-refractivity contribution in [1.82, 2.24) is 0 Å². The average Bonchev–Trinajstić information content (AvgIpc) is 2.86. The predicted molar refractivity (Wildman–Crippen MR) is 79.8 cm³/mol. The molecule has 7 unspecified atom stereocenters. The molecule has 0 aromatic heterocycles. The molecule has 102 valence electrons. The van der Waals surface area contributed by atoms with Gasteiger partial charge in [-0.15, -0.1) is 0 Å². The molecular formula is C17H28S. The van der Waals surface area contributed by atoms with Crippen molar-refractivity contribution in [3.8, 4) is 0 Å². The van der Waals surface area contributed by atoms with Gasteiger partial charge in [-0.25, -0.2) is 0 Å². The van der Waals surface area contributed by atoms with Crippen molar-refractivity contribution in [1.29, 1.82) is 0 Å². The van der Waals surface area contributed by atoms with Crippen molar-refractivity contribution in [3.05, 3.63) is 0 Å². The van der Waals surface area contributed by atoms with E-state index in [0.717, 1.165) is 40.8 Å². The van der Waals surface area contributed by atoms with Crippen LogP contribution in [0.5, 0.6) is 0 Å². The van der Waals surface area contributed by atoms with Crippen LogP contribution in [0.1, 0.15) is 58.3 Å². The highest BCUT2D eigenvalue weighted by atomic mass is 32.2. The molecule has 3 saturated carbocycles.